The zero-order chi connectivity index (χ0) is 9.30. The lowest BCUT2D eigenvalue weighted by Gasteiger charge is -2.11. The van der Waals surface area contributed by atoms with Crippen LogP contribution >= 0.6 is 0 Å². The van der Waals surface area contributed by atoms with Crippen molar-refractivity contribution in [3.05, 3.63) is 11.1 Å². The van der Waals surface area contributed by atoms with Crippen molar-refractivity contribution in [1.82, 2.24) is 4.90 Å². The van der Waals surface area contributed by atoms with Crippen LogP contribution in [0.25, 0.3) is 0 Å². The van der Waals surface area contributed by atoms with E-state index in [1.54, 1.807) is 13.8 Å². The summed E-state index contributed by atoms with van der Waals surface area (Å²) in [6, 6.07) is 0. The molecule has 66 valence electrons. The number of hydrogen-bond acceptors (Lipinski definition) is 3. The minimum absolute atomic E-state index is 0.0896. The summed E-state index contributed by atoms with van der Waals surface area (Å²) in [6.07, 6.45) is 0. The van der Waals surface area contributed by atoms with Crippen LogP contribution in [-0.2, 0) is 9.59 Å². The molecule has 12 heavy (non-hydrogen) atoms. The molecule has 1 aliphatic heterocycles. The first-order valence-corrected chi connectivity index (χ1v) is 3.74. The van der Waals surface area contributed by atoms with Gasteiger partial charge in [-0.1, -0.05) is 0 Å². The van der Waals surface area contributed by atoms with Crippen molar-refractivity contribution < 1.29 is 14.7 Å². The van der Waals surface area contributed by atoms with Crippen LogP contribution in [0.2, 0.25) is 0 Å². The number of imide groups is 1. The summed E-state index contributed by atoms with van der Waals surface area (Å²) in [7, 11) is 0. The predicted octanol–water partition coefficient (Wildman–Crippen LogP) is -0.316. The zero-order valence-corrected chi connectivity index (χ0v) is 7.13. The van der Waals surface area contributed by atoms with E-state index in [4.69, 9.17) is 5.11 Å². The van der Waals surface area contributed by atoms with E-state index < -0.39 is 0 Å². The summed E-state index contributed by atoms with van der Waals surface area (Å²) in [5, 5.41) is 8.57. The van der Waals surface area contributed by atoms with E-state index >= 15 is 0 Å². The number of aliphatic hydroxyl groups is 1. The maximum atomic E-state index is 11.3. The van der Waals surface area contributed by atoms with Gasteiger partial charge in [-0.2, -0.15) is 0 Å². The highest BCUT2D eigenvalue weighted by molar-refractivity contribution is 6.18. The first-order chi connectivity index (χ1) is 5.59. The topological polar surface area (TPSA) is 57.6 Å². The van der Waals surface area contributed by atoms with Crippen LogP contribution in [0, 0.1) is 0 Å². The third kappa shape index (κ3) is 1.14. The van der Waals surface area contributed by atoms with Gasteiger partial charge in [-0.3, -0.25) is 14.5 Å². The highest BCUT2D eigenvalue weighted by atomic mass is 16.3. The van der Waals surface area contributed by atoms with Crippen LogP contribution in [0.4, 0.5) is 0 Å². The van der Waals surface area contributed by atoms with Crippen molar-refractivity contribution in [2.45, 2.75) is 13.8 Å². The Balaban J connectivity index is 2.88. The molecule has 0 saturated heterocycles. The molecule has 0 aromatic heterocycles. The molecule has 1 rings (SSSR count). The Morgan fingerprint density at radius 2 is 1.58 bits per heavy atom. The minimum atomic E-state index is -0.286. The van der Waals surface area contributed by atoms with Gasteiger partial charge in [0, 0.05) is 11.1 Å². The number of carbonyl (C=O) groups excluding carboxylic acids is 2. The van der Waals surface area contributed by atoms with Gasteiger partial charge < -0.3 is 5.11 Å². The number of carbonyl (C=O) groups is 2. The van der Waals surface area contributed by atoms with Crippen LogP contribution in [0.3, 0.4) is 0 Å². The molecule has 1 heterocycles. The van der Waals surface area contributed by atoms with E-state index in [-0.39, 0.29) is 25.0 Å². The predicted molar refractivity (Wildman–Crippen MR) is 42.2 cm³/mol. The molecule has 1 N–H and O–H groups in total. The number of β-amino-alcohol motifs (C(OH)–C–C–N with tert-alkyl or cyclic N) is 1. The van der Waals surface area contributed by atoms with E-state index in [0.717, 1.165) is 4.90 Å². The van der Waals surface area contributed by atoms with E-state index in [1.807, 2.05) is 0 Å². The molecule has 0 fully saturated rings. The Morgan fingerprint density at radius 3 is 1.92 bits per heavy atom. The maximum Gasteiger partial charge on any atom is 0.256 e. The standard InChI is InChI=1S/C8H11NO3/c1-5-6(2)8(12)9(3-4-10)7(5)11/h10H,3-4H2,1-2H3. The number of amides is 2. The highest BCUT2D eigenvalue weighted by Gasteiger charge is 2.32. The lowest BCUT2D eigenvalue weighted by atomic mass is 10.2. The van der Waals surface area contributed by atoms with Crippen molar-refractivity contribution >= 4 is 11.8 Å². The van der Waals surface area contributed by atoms with Crippen LogP contribution in [0.1, 0.15) is 13.8 Å². The van der Waals surface area contributed by atoms with Crippen LogP contribution in [0.15, 0.2) is 11.1 Å². The SMILES string of the molecule is CC1=C(C)C(=O)N(CCO)C1=O. The van der Waals surface area contributed by atoms with Gasteiger partial charge in [-0.15, -0.1) is 0 Å². The molecular formula is C8H11NO3. The number of hydrogen-bond donors (Lipinski definition) is 1. The fourth-order valence-corrected chi connectivity index (χ4v) is 1.12. The van der Waals surface area contributed by atoms with Gasteiger partial charge in [0.15, 0.2) is 0 Å². The van der Waals surface area contributed by atoms with Gasteiger partial charge in [0.1, 0.15) is 0 Å². The molecule has 1 aliphatic rings. The quantitative estimate of drug-likeness (QED) is 0.576. The Labute approximate surface area is 70.5 Å². The van der Waals surface area contributed by atoms with E-state index in [9.17, 15) is 9.59 Å². The first kappa shape index (κ1) is 8.93. The number of nitrogens with zero attached hydrogens (tertiary/aromatic N) is 1. The summed E-state index contributed by atoms with van der Waals surface area (Å²) >= 11 is 0. The van der Waals surface area contributed by atoms with Crippen molar-refractivity contribution in [3.63, 3.8) is 0 Å². The Morgan fingerprint density at radius 1 is 1.17 bits per heavy atom. The average Bonchev–Trinajstić information content (AvgIpc) is 2.23. The lowest BCUT2D eigenvalue weighted by Crippen LogP contribution is -2.33. The fourth-order valence-electron chi connectivity index (χ4n) is 1.12. The molecule has 0 atom stereocenters. The van der Waals surface area contributed by atoms with E-state index in [1.165, 1.54) is 0 Å². The van der Waals surface area contributed by atoms with Gasteiger partial charge in [-0.25, -0.2) is 0 Å². The largest absolute Gasteiger partial charge is 0.395 e. The molecule has 0 aromatic rings. The molecule has 0 unspecified atom stereocenters. The summed E-state index contributed by atoms with van der Waals surface area (Å²) in [6.45, 7) is 3.14. The Bertz CT molecular complexity index is 243. The zero-order valence-electron chi connectivity index (χ0n) is 7.13. The molecule has 4 nitrogen and oxygen atoms in total. The maximum absolute atomic E-state index is 11.3. The second kappa shape index (κ2) is 3.06. The minimum Gasteiger partial charge on any atom is -0.395 e. The molecule has 0 aromatic carbocycles. The Hall–Kier alpha value is -1.16. The molecule has 0 bridgehead atoms. The lowest BCUT2D eigenvalue weighted by molar-refractivity contribution is -0.138. The number of aliphatic hydroxyl groups excluding tert-OH is 1. The van der Waals surface area contributed by atoms with Gasteiger partial charge in [0.25, 0.3) is 11.8 Å². The molecular weight excluding hydrogens is 158 g/mol. The third-order valence-electron chi connectivity index (χ3n) is 2.02. The number of rotatable bonds is 2. The van der Waals surface area contributed by atoms with Crippen LogP contribution in [0.5, 0.6) is 0 Å². The van der Waals surface area contributed by atoms with Gasteiger partial charge >= 0.3 is 0 Å². The molecule has 2 amide bonds. The summed E-state index contributed by atoms with van der Waals surface area (Å²) in [4.78, 5) is 23.6. The van der Waals surface area contributed by atoms with Crippen molar-refractivity contribution in [2.24, 2.45) is 0 Å². The molecule has 0 radical (unpaired) electrons. The van der Waals surface area contributed by atoms with Crippen LogP contribution < -0.4 is 0 Å². The molecule has 0 aliphatic carbocycles. The molecule has 0 saturated carbocycles. The van der Waals surface area contributed by atoms with E-state index in [2.05, 4.69) is 0 Å². The highest BCUT2D eigenvalue weighted by Crippen LogP contribution is 2.18. The Kier molecular flexibility index (Phi) is 2.28. The van der Waals surface area contributed by atoms with Gasteiger partial charge in [0.2, 0.25) is 0 Å². The monoisotopic (exact) mass is 169 g/mol. The molecule has 0 spiro atoms. The summed E-state index contributed by atoms with van der Waals surface area (Å²) in [5.74, 6) is -0.571. The van der Waals surface area contributed by atoms with Crippen molar-refractivity contribution in [2.75, 3.05) is 13.2 Å². The second-order valence-electron chi connectivity index (χ2n) is 2.74. The summed E-state index contributed by atoms with van der Waals surface area (Å²) < 4.78 is 0. The van der Waals surface area contributed by atoms with Crippen molar-refractivity contribution in [1.29, 1.82) is 0 Å². The van der Waals surface area contributed by atoms with E-state index in [0.29, 0.717) is 11.1 Å². The second-order valence-corrected chi connectivity index (χ2v) is 2.74. The molecule has 4 heteroatoms. The average molecular weight is 169 g/mol. The fraction of sp³-hybridized carbons (Fsp3) is 0.500. The first-order valence-electron chi connectivity index (χ1n) is 3.74. The normalized spacial score (nSPS) is 18.1. The van der Waals surface area contributed by atoms with Crippen molar-refractivity contribution in [3.8, 4) is 0 Å². The van der Waals surface area contributed by atoms with Gasteiger partial charge in [0.05, 0.1) is 13.2 Å². The van der Waals surface area contributed by atoms with Crippen LogP contribution in [-0.4, -0.2) is 35.0 Å². The van der Waals surface area contributed by atoms with Gasteiger partial charge in [-0.05, 0) is 13.8 Å². The summed E-state index contributed by atoms with van der Waals surface area (Å²) in [5.41, 5.74) is 0.960. The third-order valence-corrected chi connectivity index (χ3v) is 2.02. The smallest absolute Gasteiger partial charge is 0.256 e.